The molecular weight excluding hydrogens is 328 g/mol. The SMILES string of the molecule is Oc1ccc([C@@H](O)CN2C[C@@H]3CC(O)(Cc4ccncc4)C[C@H]3C2)cc1. The highest BCUT2D eigenvalue weighted by atomic mass is 16.3. The van der Waals surface area contributed by atoms with Crippen LogP contribution in [0, 0.1) is 11.8 Å². The third-order valence-corrected chi connectivity index (χ3v) is 5.93. The molecule has 1 aliphatic heterocycles. The van der Waals surface area contributed by atoms with Gasteiger partial charge in [0, 0.05) is 38.4 Å². The van der Waals surface area contributed by atoms with Gasteiger partial charge in [-0.3, -0.25) is 9.88 Å². The predicted octanol–water partition coefficient (Wildman–Crippen LogP) is 2.14. The molecule has 1 saturated carbocycles. The van der Waals surface area contributed by atoms with E-state index in [1.54, 1.807) is 36.7 Å². The summed E-state index contributed by atoms with van der Waals surface area (Å²) in [6, 6.07) is 10.7. The van der Waals surface area contributed by atoms with Crippen molar-refractivity contribution in [1.29, 1.82) is 0 Å². The van der Waals surface area contributed by atoms with Crippen LogP contribution in [-0.4, -0.2) is 50.4 Å². The molecular formula is C21H26N2O3. The molecule has 1 aromatic carbocycles. The molecule has 1 aromatic heterocycles. The molecule has 26 heavy (non-hydrogen) atoms. The van der Waals surface area contributed by atoms with Gasteiger partial charge in [0.1, 0.15) is 5.75 Å². The summed E-state index contributed by atoms with van der Waals surface area (Å²) in [5.41, 5.74) is 1.36. The number of benzene rings is 1. The number of hydrogen-bond acceptors (Lipinski definition) is 5. The van der Waals surface area contributed by atoms with Gasteiger partial charge in [-0.05, 0) is 60.1 Å². The van der Waals surface area contributed by atoms with E-state index in [0.717, 1.165) is 37.1 Å². The highest BCUT2D eigenvalue weighted by molar-refractivity contribution is 5.27. The van der Waals surface area contributed by atoms with Gasteiger partial charge in [-0.25, -0.2) is 0 Å². The van der Waals surface area contributed by atoms with Crippen molar-refractivity contribution >= 4 is 0 Å². The normalized spacial score (nSPS) is 25.9. The molecule has 3 atom stereocenters. The number of aliphatic hydroxyl groups is 2. The zero-order valence-electron chi connectivity index (χ0n) is 14.8. The Morgan fingerprint density at radius 2 is 1.65 bits per heavy atom. The van der Waals surface area contributed by atoms with Crippen molar-refractivity contribution in [3.05, 3.63) is 59.9 Å². The van der Waals surface area contributed by atoms with E-state index in [-0.39, 0.29) is 5.75 Å². The smallest absolute Gasteiger partial charge is 0.115 e. The molecule has 5 heteroatoms. The number of aromatic nitrogens is 1. The molecule has 2 fully saturated rings. The Labute approximate surface area is 153 Å². The average Bonchev–Trinajstić information content (AvgIpc) is 3.10. The Kier molecular flexibility index (Phi) is 4.69. The number of hydrogen-bond donors (Lipinski definition) is 3. The fraction of sp³-hybridized carbons (Fsp3) is 0.476. The molecule has 5 nitrogen and oxygen atoms in total. The van der Waals surface area contributed by atoms with Crippen molar-refractivity contribution < 1.29 is 15.3 Å². The number of nitrogens with zero attached hydrogens (tertiary/aromatic N) is 2. The van der Waals surface area contributed by atoms with E-state index in [1.807, 2.05) is 12.1 Å². The predicted molar refractivity (Wildman–Crippen MR) is 98.6 cm³/mol. The number of aromatic hydroxyl groups is 1. The first-order valence-corrected chi connectivity index (χ1v) is 9.31. The van der Waals surface area contributed by atoms with Crippen LogP contribution in [0.3, 0.4) is 0 Å². The lowest BCUT2D eigenvalue weighted by Crippen LogP contribution is -2.33. The van der Waals surface area contributed by atoms with Gasteiger partial charge in [-0.2, -0.15) is 0 Å². The summed E-state index contributed by atoms with van der Waals surface area (Å²) in [7, 11) is 0. The Balaban J connectivity index is 1.32. The highest BCUT2D eigenvalue weighted by Crippen LogP contribution is 2.45. The summed E-state index contributed by atoms with van der Waals surface area (Å²) in [5.74, 6) is 1.20. The van der Waals surface area contributed by atoms with Crippen LogP contribution in [0.5, 0.6) is 5.75 Å². The molecule has 2 aliphatic rings. The minimum atomic E-state index is -0.613. The van der Waals surface area contributed by atoms with Crippen molar-refractivity contribution in [1.82, 2.24) is 9.88 Å². The molecule has 0 radical (unpaired) electrons. The van der Waals surface area contributed by atoms with E-state index in [4.69, 9.17) is 0 Å². The second-order valence-corrected chi connectivity index (χ2v) is 8.01. The molecule has 0 bridgehead atoms. The maximum atomic E-state index is 11.0. The fourth-order valence-corrected chi connectivity index (χ4v) is 4.78. The molecule has 1 saturated heterocycles. The van der Waals surface area contributed by atoms with Crippen LogP contribution in [0.2, 0.25) is 0 Å². The summed E-state index contributed by atoms with van der Waals surface area (Å²) < 4.78 is 0. The number of fused-ring (bicyclic) bond motifs is 1. The molecule has 0 amide bonds. The number of pyridine rings is 1. The van der Waals surface area contributed by atoms with Crippen molar-refractivity contribution in [2.24, 2.45) is 11.8 Å². The molecule has 1 aliphatic carbocycles. The van der Waals surface area contributed by atoms with Gasteiger partial charge in [0.05, 0.1) is 11.7 Å². The van der Waals surface area contributed by atoms with E-state index < -0.39 is 11.7 Å². The third kappa shape index (κ3) is 3.75. The lowest BCUT2D eigenvalue weighted by atomic mass is 9.92. The van der Waals surface area contributed by atoms with Gasteiger partial charge in [-0.15, -0.1) is 0 Å². The summed E-state index contributed by atoms with van der Waals surface area (Å²) in [5, 5.41) is 30.8. The van der Waals surface area contributed by atoms with Crippen LogP contribution in [0.1, 0.15) is 30.1 Å². The molecule has 4 rings (SSSR count). The van der Waals surface area contributed by atoms with Gasteiger partial charge < -0.3 is 15.3 Å². The van der Waals surface area contributed by atoms with Gasteiger partial charge in [0.2, 0.25) is 0 Å². The standard InChI is InChI=1S/C21H26N2O3/c24-19-3-1-16(2-4-19)20(25)14-23-12-17-10-21(26,11-18(17)13-23)9-15-5-7-22-8-6-15/h1-8,17-18,20,24-26H,9-14H2/t17-,18-,20-/m0/s1. The largest absolute Gasteiger partial charge is 0.508 e. The first-order chi connectivity index (χ1) is 12.5. The minimum absolute atomic E-state index is 0.213. The van der Waals surface area contributed by atoms with Crippen LogP contribution in [0.25, 0.3) is 0 Å². The van der Waals surface area contributed by atoms with Gasteiger partial charge in [-0.1, -0.05) is 12.1 Å². The minimum Gasteiger partial charge on any atom is -0.508 e. The van der Waals surface area contributed by atoms with Crippen molar-refractivity contribution in [3.8, 4) is 5.75 Å². The van der Waals surface area contributed by atoms with E-state index in [2.05, 4.69) is 9.88 Å². The van der Waals surface area contributed by atoms with Crippen LogP contribution in [0.15, 0.2) is 48.8 Å². The molecule has 138 valence electrons. The lowest BCUT2D eigenvalue weighted by molar-refractivity contribution is 0.0328. The molecule has 2 heterocycles. The van der Waals surface area contributed by atoms with E-state index >= 15 is 0 Å². The second kappa shape index (κ2) is 6.99. The fourth-order valence-electron chi connectivity index (χ4n) is 4.78. The zero-order valence-corrected chi connectivity index (χ0v) is 14.8. The van der Waals surface area contributed by atoms with Crippen LogP contribution < -0.4 is 0 Å². The number of phenolic OH excluding ortho intramolecular Hbond substituents is 1. The Hall–Kier alpha value is -1.95. The number of aliphatic hydroxyl groups excluding tert-OH is 1. The van der Waals surface area contributed by atoms with E-state index in [9.17, 15) is 15.3 Å². The monoisotopic (exact) mass is 354 g/mol. The average molecular weight is 354 g/mol. The lowest BCUT2D eigenvalue weighted by Gasteiger charge is -2.27. The molecule has 0 spiro atoms. The summed E-state index contributed by atoms with van der Waals surface area (Å²) in [4.78, 5) is 6.35. The number of β-amino-alcohol motifs (C(OH)–C–C–N with tert-alkyl or cyclic N) is 1. The summed E-state index contributed by atoms with van der Waals surface area (Å²) in [6.07, 6.45) is 5.35. The van der Waals surface area contributed by atoms with Crippen molar-refractivity contribution in [3.63, 3.8) is 0 Å². The number of likely N-dealkylation sites (tertiary alicyclic amines) is 1. The topological polar surface area (TPSA) is 76.8 Å². The van der Waals surface area contributed by atoms with Crippen molar-refractivity contribution in [2.45, 2.75) is 31.0 Å². The molecule has 3 N–H and O–H groups in total. The maximum Gasteiger partial charge on any atom is 0.115 e. The summed E-state index contributed by atoms with van der Waals surface area (Å²) in [6.45, 7) is 2.46. The highest BCUT2D eigenvalue weighted by Gasteiger charge is 2.48. The van der Waals surface area contributed by atoms with Crippen LogP contribution >= 0.6 is 0 Å². The van der Waals surface area contributed by atoms with Gasteiger partial charge in [0.15, 0.2) is 0 Å². The van der Waals surface area contributed by atoms with Gasteiger partial charge in [0.25, 0.3) is 0 Å². The number of phenols is 1. The number of rotatable bonds is 5. The van der Waals surface area contributed by atoms with E-state index in [1.165, 1.54) is 0 Å². The second-order valence-electron chi connectivity index (χ2n) is 8.01. The van der Waals surface area contributed by atoms with Crippen molar-refractivity contribution in [2.75, 3.05) is 19.6 Å². The van der Waals surface area contributed by atoms with Crippen LogP contribution in [0.4, 0.5) is 0 Å². The first kappa shape index (κ1) is 17.5. The Bertz CT molecular complexity index is 721. The van der Waals surface area contributed by atoms with E-state index in [0.29, 0.717) is 24.8 Å². The van der Waals surface area contributed by atoms with Gasteiger partial charge >= 0.3 is 0 Å². The Morgan fingerprint density at radius 1 is 1.04 bits per heavy atom. The Morgan fingerprint density at radius 3 is 2.27 bits per heavy atom. The molecule has 2 aromatic rings. The maximum absolute atomic E-state index is 11.0. The quantitative estimate of drug-likeness (QED) is 0.767. The first-order valence-electron chi connectivity index (χ1n) is 9.31. The third-order valence-electron chi connectivity index (χ3n) is 5.93. The summed E-state index contributed by atoms with van der Waals surface area (Å²) >= 11 is 0. The molecule has 0 unspecified atom stereocenters. The zero-order chi connectivity index (χ0) is 18.1. The van der Waals surface area contributed by atoms with Crippen LogP contribution in [-0.2, 0) is 6.42 Å².